The summed E-state index contributed by atoms with van der Waals surface area (Å²) in [6.45, 7) is 12.5. The summed E-state index contributed by atoms with van der Waals surface area (Å²) in [5, 5.41) is 0. The maximum atomic E-state index is 11.8. The molecule has 0 aromatic heterocycles. The summed E-state index contributed by atoms with van der Waals surface area (Å²) in [6, 6.07) is 0. The standard InChI is InChI=1S/C14H26O2/c1-10-7-11(9-14(5,6)8-10)16-12(15)13(2,3)4/h10-11H,7-9H2,1-6H3. The van der Waals surface area contributed by atoms with Gasteiger partial charge in [0.25, 0.3) is 0 Å². The van der Waals surface area contributed by atoms with E-state index in [0.717, 1.165) is 12.8 Å². The lowest BCUT2D eigenvalue weighted by molar-refractivity contribution is -0.163. The summed E-state index contributed by atoms with van der Waals surface area (Å²) in [5.41, 5.74) is -0.0780. The van der Waals surface area contributed by atoms with E-state index in [4.69, 9.17) is 4.74 Å². The second-order valence-electron chi connectivity index (χ2n) is 7.19. The molecule has 0 spiro atoms. The largest absolute Gasteiger partial charge is 0.462 e. The van der Waals surface area contributed by atoms with Gasteiger partial charge in [-0.1, -0.05) is 20.8 Å². The Bertz CT molecular complexity index is 260. The smallest absolute Gasteiger partial charge is 0.311 e. The van der Waals surface area contributed by atoms with Gasteiger partial charge in [-0.05, 0) is 51.4 Å². The molecule has 1 saturated carbocycles. The van der Waals surface area contributed by atoms with Gasteiger partial charge in [0.1, 0.15) is 6.10 Å². The molecule has 1 aliphatic carbocycles. The fraction of sp³-hybridized carbons (Fsp3) is 0.929. The monoisotopic (exact) mass is 226 g/mol. The van der Waals surface area contributed by atoms with Crippen molar-refractivity contribution < 1.29 is 9.53 Å². The van der Waals surface area contributed by atoms with Gasteiger partial charge in [0.05, 0.1) is 5.41 Å². The lowest BCUT2D eigenvalue weighted by Gasteiger charge is -2.39. The average molecular weight is 226 g/mol. The van der Waals surface area contributed by atoms with Crippen molar-refractivity contribution in [3.8, 4) is 0 Å². The van der Waals surface area contributed by atoms with Gasteiger partial charge in [-0.3, -0.25) is 4.79 Å². The van der Waals surface area contributed by atoms with Crippen LogP contribution in [0.15, 0.2) is 0 Å². The highest BCUT2D eigenvalue weighted by Gasteiger charge is 2.35. The van der Waals surface area contributed by atoms with E-state index in [1.807, 2.05) is 20.8 Å². The van der Waals surface area contributed by atoms with Crippen LogP contribution in [0.3, 0.4) is 0 Å². The van der Waals surface area contributed by atoms with Crippen LogP contribution in [0.2, 0.25) is 0 Å². The molecule has 0 aromatic carbocycles. The summed E-state index contributed by atoms with van der Waals surface area (Å²) in [4.78, 5) is 11.8. The number of hydrogen-bond donors (Lipinski definition) is 0. The Morgan fingerprint density at radius 1 is 1.25 bits per heavy atom. The molecule has 2 atom stereocenters. The van der Waals surface area contributed by atoms with Crippen molar-refractivity contribution in [2.24, 2.45) is 16.7 Å². The molecule has 16 heavy (non-hydrogen) atoms. The molecule has 0 saturated heterocycles. The molecule has 0 heterocycles. The SMILES string of the molecule is CC1CC(OC(=O)C(C)(C)C)CC(C)(C)C1. The van der Waals surface area contributed by atoms with E-state index >= 15 is 0 Å². The number of ether oxygens (including phenoxy) is 1. The van der Waals surface area contributed by atoms with E-state index in [1.54, 1.807) is 0 Å². The Morgan fingerprint density at radius 3 is 2.25 bits per heavy atom. The first-order valence-corrected chi connectivity index (χ1v) is 6.31. The van der Waals surface area contributed by atoms with Crippen molar-refractivity contribution in [2.75, 3.05) is 0 Å². The third-order valence-electron chi connectivity index (χ3n) is 3.23. The predicted octanol–water partition coefficient (Wildman–Crippen LogP) is 3.79. The highest BCUT2D eigenvalue weighted by atomic mass is 16.5. The summed E-state index contributed by atoms with van der Waals surface area (Å²) in [7, 11) is 0. The normalized spacial score (nSPS) is 29.9. The molecule has 2 unspecified atom stereocenters. The molecule has 0 aromatic rings. The average Bonchev–Trinajstić information content (AvgIpc) is 1.97. The van der Waals surface area contributed by atoms with Crippen LogP contribution in [0.4, 0.5) is 0 Å². The van der Waals surface area contributed by atoms with Crippen LogP contribution >= 0.6 is 0 Å². The molecule has 94 valence electrons. The minimum absolute atomic E-state index is 0.0672. The first-order chi connectivity index (χ1) is 7.10. The van der Waals surface area contributed by atoms with Gasteiger partial charge in [0.2, 0.25) is 0 Å². The molecule has 1 aliphatic rings. The highest BCUT2D eigenvalue weighted by Crippen LogP contribution is 2.40. The molecule has 0 aliphatic heterocycles. The van der Waals surface area contributed by atoms with Gasteiger partial charge in [-0.15, -0.1) is 0 Å². The predicted molar refractivity (Wildman–Crippen MR) is 66.1 cm³/mol. The number of carbonyl (C=O) groups is 1. The van der Waals surface area contributed by atoms with E-state index in [1.165, 1.54) is 6.42 Å². The maximum absolute atomic E-state index is 11.8. The summed E-state index contributed by atoms with van der Waals surface area (Å²) >= 11 is 0. The van der Waals surface area contributed by atoms with Crippen LogP contribution in [-0.4, -0.2) is 12.1 Å². The number of carbonyl (C=O) groups excluding carboxylic acids is 1. The Balaban J connectivity index is 2.58. The minimum atomic E-state index is -0.384. The van der Waals surface area contributed by atoms with Crippen molar-refractivity contribution in [1.82, 2.24) is 0 Å². The topological polar surface area (TPSA) is 26.3 Å². The Morgan fingerprint density at radius 2 is 1.81 bits per heavy atom. The molecule has 1 fully saturated rings. The van der Waals surface area contributed by atoms with Crippen LogP contribution in [0.5, 0.6) is 0 Å². The highest BCUT2D eigenvalue weighted by molar-refractivity contribution is 5.75. The third kappa shape index (κ3) is 3.80. The molecule has 2 heteroatoms. The van der Waals surface area contributed by atoms with Crippen molar-refractivity contribution in [3.05, 3.63) is 0 Å². The Labute approximate surface area is 99.8 Å². The number of hydrogen-bond acceptors (Lipinski definition) is 2. The molecular weight excluding hydrogens is 200 g/mol. The zero-order valence-corrected chi connectivity index (χ0v) is 11.6. The van der Waals surface area contributed by atoms with Crippen molar-refractivity contribution in [2.45, 2.75) is 66.9 Å². The van der Waals surface area contributed by atoms with Gasteiger partial charge in [-0.2, -0.15) is 0 Å². The summed E-state index contributed by atoms with van der Waals surface area (Å²) < 4.78 is 5.62. The number of rotatable bonds is 1. The molecule has 2 nitrogen and oxygen atoms in total. The fourth-order valence-corrected chi connectivity index (χ4v) is 2.68. The van der Waals surface area contributed by atoms with Gasteiger partial charge >= 0.3 is 5.97 Å². The summed E-state index contributed by atoms with van der Waals surface area (Å²) in [5.74, 6) is 0.587. The quantitative estimate of drug-likeness (QED) is 0.636. The molecule has 0 amide bonds. The van der Waals surface area contributed by atoms with Crippen molar-refractivity contribution in [3.63, 3.8) is 0 Å². The van der Waals surface area contributed by atoms with Gasteiger partial charge in [0.15, 0.2) is 0 Å². The van der Waals surface area contributed by atoms with Crippen LogP contribution in [0, 0.1) is 16.7 Å². The minimum Gasteiger partial charge on any atom is -0.462 e. The summed E-state index contributed by atoms with van der Waals surface area (Å²) in [6.07, 6.45) is 3.37. The first-order valence-electron chi connectivity index (χ1n) is 6.31. The van der Waals surface area contributed by atoms with Crippen LogP contribution in [-0.2, 0) is 9.53 Å². The van der Waals surface area contributed by atoms with Crippen LogP contribution < -0.4 is 0 Å². The zero-order chi connectivity index (χ0) is 12.6. The van der Waals surface area contributed by atoms with E-state index in [9.17, 15) is 4.79 Å². The fourth-order valence-electron chi connectivity index (χ4n) is 2.68. The second kappa shape index (κ2) is 4.38. The molecule has 0 radical (unpaired) electrons. The molecule has 0 bridgehead atoms. The van der Waals surface area contributed by atoms with Gasteiger partial charge in [-0.25, -0.2) is 0 Å². The maximum Gasteiger partial charge on any atom is 0.311 e. The van der Waals surface area contributed by atoms with Gasteiger partial charge < -0.3 is 4.74 Å². The molecule has 1 rings (SSSR count). The molecular formula is C14H26O2. The van der Waals surface area contributed by atoms with Crippen LogP contribution in [0.25, 0.3) is 0 Å². The lowest BCUT2D eigenvalue weighted by atomic mass is 9.71. The molecule has 0 N–H and O–H groups in total. The lowest BCUT2D eigenvalue weighted by Crippen LogP contribution is -2.36. The van der Waals surface area contributed by atoms with E-state index in [-0.39, 0.29) is 17.5 Å². The Hall–Kier alpha value is -0.530. The van der Waals surface area contributed by atoms with Gasteiger partial charge in [0, 0.05) is 0 Å². The number of esters is 1. The Kier molecular flexibility index (Phi) is 3.71. The first kappa shape index (κ1) is 13.5. The van der Waals surface area contributed by atoms with E-state index < -0.39 is 0 Å². The second-order valence-corrected chi connectivity index (χ2v) is 7.19. The van der Waals surface area contributed by atoms with Crippen molar-refractivity contribution >= 4 is 5.97 Å². The van der Waals surface area contributed by atoms with Crippen molar-refractivity contribution in [1.29, 1.82) is 0 Å². The van der Waals surface area contributed by atoms with Crippen LogP contribution in [0.1, 0.15) is 60.8 Å². The van der Waals surface area contributed by atoms with E-state index in [0.29, 0.717) is 11.3 Å². The third-order valence-corrected chi connectivity index (χ3v) is 3.23. The van der Waals surface area contributed by atoms with E-state index in [2.05, 4.69) is 20.8 Å². The zero-order valence-electron chi connectivity index (χ0n) is 11.6.